The lowest BCUT2D eigenvalue weighted by molar-refractivity contribution is 0.414. The number of aromatic nitrogens is 5. The third kappa shape index (κ3) is 14.6. The number of hydrogen-bond acceptors (Lipinski definition) is 12. The van der Waals surface area contributed by atoms with Crippen LogP contribution in [0.2, 0.25) is 0 Å². The van der Waals surface area contributed by atoms with Crippen LogP contribution in [0.1, 0.15) is 70.2 Å². The van der Waals surface area contributed by atoms with Gasteiger partial charge in [0.2, 0.25) is 0 Å². The van der Waals surface area contributed by atoms with Gasteiger partial charge in [0, 0.05) is 107 Å². The van der Waals surface area contributed by atoms with Crippen molar-refractivity contribution in [2.75, 3.05) is 56.9 Å². The summed E-state index contributed by atoms with van der Waals surface area (Å²) in [5, 5.41) is 1.81. The number of nitrogens with zero attached hydrogens (tertiary/aromatic N) is 5. The Hall–Kier alpha value is -14.6. The number of methoxy groups -OCH3 is 8. The van der Waals surface area contributed by atoms with E-state index in [0.717, 1.165) is 244 Å². The summed E-state index contributed by atoms with van der Waals surface area (Å²) in [5.41, 5.74) is 27.9. The molecule has 0 fully saturated rings. The third-order valence-corrected chi connectivity index (χ3v) is 21.4. The number of aromatic amines is 3. The Kier molecular flexibility index (Phi) is 20.8. The van der Waals surface area contributed by atoms with Crippen molar-refractivity contribution >= 4 is 79.8 Å². The van der Waals surface area contributed by atoms with Gasteiger partial charge in [-0.05, 0) is 233 Å². The van der Waals surface area contributed by atoms with Crippen molar-refractivity contribution in [3.8, 4) is 90.5 Å². The molecule has 16 heteroatoms. The summed E-state index contributed by atoms with van der Waals surface area (Å²) < 4.78 is 48.2. The first kappa shape index (κ1) is 74.1. The number of aliphatic imine (C=N–C) groups is 3. The minimum atomic E-state index is 0.753. The van der Waals surface area contributed by atoms with Crippen molar-refractivity contribution in [3.63, 3.8) is 0 Å². The topological polar surface area (TPSA) is 176 Å². The lowest BCUT2D eigenvalue weighted by atomic mass is 9.95. The van der Waals surface area contributed by atoms with Crippen LogP contribution in [0, 0.1) is 0 Å². The van der Waals surface area contributed by atoms with Gasteiger partial charge in [-0.15, -0.1) is 0 Å². The molecule has 16 bridgehead atoms. The fraction of sp³-hybridized carbons (Fsp3) is 0.120. The van der Waals surface area contributed by atoms with Crippen molar-refractivity contribution < 1.29 is 37.9 Å². The van der Waals surface area contributed by atoms with Gasteiger partial charge in [0.05, 0.1) is 102 Å². The lowest BCUT2D eigenvalue weighted by Gasteiger charge is -2.15. The van der Waals surface area contributed by atoms with Crippen LogP contribution in [0.15, 0.2) is 300 Å². The molecule has 5 aliphatic heterocycles. The molecule has 0 unspecified atom stereocenters. The number of aryl methyl sites for hydroxylation is 1. The fourth-order valence-corrected chi connectivity index (χ4v) is 15.8. The molecule has 0 aliphatic carbocycles. The van der Waals surface area contributed by atoms with E-state index in [-0.39, 0.29) is 0 Å². The molecular formula is C100H84N8O8. The normalized spacial score (nSPS) is 13.2. The van der Waals surface area contributed by atoms with E-state index in [2.05, 4.69) is 196 Å². The molecule has 8 aromatic carbocycles. The van der Waals surface area contributed by atoms with Crippen LogP contribution in [0.4, 0.5) is 5.69 Å². The molecule has 0 spiro atoms. The average Bonchev–Trinajstić information content (AvgIpc) is 1.61. The molecule has 572 valence electrons. The van der Waals surface area contributed by atoms with Gasteiger partial charge in [0.25, 0.3) is 0 Å². The summed E-state index contributed by atoms with van der Waals surface area (Å²) in [7, 11) is 13.5. The first-order valence-corrected chi connectivity index (χ1v) is 38.5. The molecule has 0 atom stereocenters. The first-order chi connectivity index (χ1) is 57.0. The smallest absolute Gasteiger partial charge is 0.119 e. The van der Waals surface area contributed by atoms with E-state index in [1.807, 2.05) is 121 Å². The Bertz CT molecular complexity index is 6260. The summed E-state index contributed by atoms with van der Waals surface area (Å²) in [6.07, 6.45) is 18.9. The molecular weight excluding hydrogens is 1440 g/mol. The Morgan fingerprint density at radius 1 is 0.319 bits per heavy atom. The molecule has 0 amide bonds. The van der Waals surface area contributed by atoms with E-state index in [1.165, 1.54) is 0 Å². The lowest BCUT2D eigenvalue weighted by Crippen LogP contribution is -2.21. The number of allylic oxidation sites excluding steroid dienone is 4. The van der Waals surface area contributed by atoms with Crippen LogP contribution in [0.3, 0.4) is 0 Å². The van der Waals surface area contributed by atoms with E-state index in [9.17, 15) is 0 Å². The molecule has 116 heavy (non-hydrogen) atoms. The highest BCUT2D eigenvalue weighted by Crippen LogP contribution is 2.45. The van der Waals surface area contributed by atoms with Gasteiger partial charge in [-0.25, -0.2) is 15.0 Å². The number of ether oxygens (including phenoxy) is 8. The molecule has 0 saturated carbocycles. The minimum Gasteiger partial charge on any atom is -0.497 e. The number of unbranched alkanes of at least 4 members (excludes halogenated alkanes) is 1. The quantitative estimate of drug-likeness (QED) is 0.0711. The molecule has 16 nitrogen and oxygen atoms in total. The monoisotopic (exact) mass is 1520 g/mol. The highest BCUT2D eigenvalue weighted by molar-refractivity contribution is 6.32. The second-order valence-corrected chi connectivity index (χ2v) is 28.3. The van der Waals surface area contributed by atoms with Gasteiger partial charge >= 0.3 is 0 Å². The zero-order valence-electron chi connectivity index (χ0n) is 65.8. The maximum Gasteiger partial charge on any atom is 0.119 e. The molecule has 0 radical (unpaired) electrons. The number of H-pyrrole nitrogens is 3. The first-order valence-electron chi connectivity index (χ1n) is 38.5. The van der Waals surface area contributed by atoms with Crippen molar-refractivity contribution in [3.05, 3.63) is 346 Å². The highest BCUT2D eigenvalue weighted by atomic mass is 16.5. The van der Waals surface area contributed by atoms with Gasteiger partial charge in [-0.3, -0.25) is 4.99 Å². The predicted octanol–water partition coefficient (Wildman–Crippen LogP) is 20.8. The molecule has 5 aliphatic rings. The minimum absolute atomic E-state index is 0.753. The van der Waals surface area contributed by atoms with E-state index in [0.29, 0.717) is 0 Å². The van der Waals surface area contributed by atoms with Crippen LogP contribution in [0.25, 0.3) is 101 Å². The summed E-state index contributed by atoms with van der Waals surface area (Å²) in [4.78, 5) is 32.9. The van der Waals surface area contributed by atoms with Gasteiger partial charge < -0.3 is 57.4 Å². The Balaban J connectivity index is 0.000000167. The number of rotatable bonds is 19. The van der Waals surface area contributed by atoms with Crippen molar-refractivity contribution in [2.45, 2.75) is 26.3 Å². The number of benzene rings is 8. The van der Waals surface area contributed by atoms with Gasteiger partial charge in [0.1, 0.15) is 46.0 Å². The van der Waals surface area contributed by atoms with Crippen molar-refractivity contribution in [1.29, 1.82) is 0 Å². The Morgan fingerprint density at radius 2 is 0.672 bits per heavy atom. The molecule has 13 aromatic rings. The van der Waals surface area contributed by atoms with Gasteiger partial charge in [0.15, 0.2) is 0 Å². The van der Waals surface area contributed by atoms with E-state index < -0.39 is 0 Å². The zero-order chi connectivity index (χ0) is 79.3. The van der Waals surface area contributed by atoms with Crippen LogP contribution < -0.4 is 48.6 Å². The van der Waals surface area contributed by atoms with Crippen molar-refractivity contribution in [2.24, 2.45) is 15.0 Å². The third-order valence-electron chi connectivity index (χ3n) is 21.4. The largest absolute Gasteiger partial charge is 0.497 e. The SMILES string of the molecule is CCCCn1cc2cc1C(c1cccc(OC)c1)=C1C=CC(=N1)C(c1cccc(OC)c1)=c1ccc([nH]1)=C(c1cccc(OC)c1)C1=NC(=C2c2cccc(OC)c2)C=C1.COc1cccc(-c2c3cc(c(-c4cccc(OC)c4)c4ccc([nH]4)c(-c4cccc(OC)c4)c4nc(c(-c5cccc(OC)c5)c5ccc2[nH]5)C=C4)N=C3)c1. The molecule has 0 saturated heterocycles. The molecule has 18 rings (SSSR count). The Labute approximate surface area is 672 Å². The molecule has 3 N–H and O–H groups in total. The maximum atomic E-state index is 5.79. The number of hydrogen-bond donors (Lipinski definition) is 3. The average molecular weight is 1530 g/mol. The van der Waals surface area contributed by atoms with E-state index in [4.69, 9.17) is 57.9 Å². The molecule has 10 heterocycles. The zero-order valence-corrected chi connectivity index (χ0v) is 65.8. The summed E-state index contributed by atoms with van der Waals surface area (Å²) in [5.74, 6) is 6.08. The van der Waals surface area contributed by atoms with E-state index >= 15 is 0 Å². The van der Waals surface area contributed by atoms with Gasteiger partial charge in [-0.2, -0.15) is 0 Å². The summed E-state index contributed by atoms with van der Waals surface area (Å²) in [6, 6.07) is 82.3. The standard InChI is InChI=1S/C52H46N4O4.C48H38N4O4/c1-6-7-26-56-32-37-31-48(56)52(36-15-11-19-41(30-36)60-5)47-25-24-46(55-47)51(35-14-10-18-40(29-35)59-4)45-23-22-44(54-45)50(34-13-9-17-39(28-34)58-3)43-21-20-42(53-43)49(37)33-12-8-16-38(27-33)57-2;1-53-34-13-5-9-29(23-34)45-33-27-44(49-28-33)48(32-12-8-16-37(26-32)56-4)43-22-21-42(52-43)47(31-11-7-15-36(25-31)55-3)41-20-19-40(51-41)46(39-18-17-38(45)50-39)30-10-6-14-35(24-30)54-2/h8-25,27-32,54H,6-7,26H2,1-5H3;5-28,50,52H,1-4H3. The van der Waals surface area contributed by atoms with Crippen LogP contribution in [-0.4, -0.2) is 99.0 Å². The summed E-state index contributed by atoms with van der Waals surface area (Å²) >= 11 is 0. The van der Waals surface area contributed by atoms with E-state index in [1.54, 1.807) is 56.9 Å². The van der Waals surface area contributed by atoms with Crippen molar-refractivity contribution in [1.82, 2.24) is 24.5 Å². The number of fused-ring (bicyclic) bond motifs is 14. The fourth-order valence-electron chi connectivity index (χ4n) is 15.8. The second kappa shape index (κ2) is 32.6. The highest BCUT2D eigenvalue weighted by Gasteiger charge is 2.28. The predicted molar refractivity (Wildman–Crippen MR) is 469 cm³/mol. The van der Waals surface area contributed by atoms with Gasteiger partial charge in [-0.1, -0.05) is 110 Å². The van der Waals surface area contributed by atoms with Crippen LogP contribution >= 0.6 is 0 Å². The van der Waals surface area contributed by atoms with Crippen LogP contribution in [-0.2, 0) is 6.54 Å². The summed E-state index contributed by atoms with van der Waals surface area (Å²) in [6.45, 7) is 3.04. The van der Waals surface area contributed by atoms with Crippen LogP contribution in [0.5, 0.6) is 46.0 Å². The molecule has 5 aromatic heterocycles. The second-order valence-electron chi connectivity index (χ2n) is 28.3. The Morgan fingerprint density at radius 3 is 1.09 bits per heavy atom. The number of nitrogens with one attached hydrogen (secondary N) is 3. The maximum absolute atomic E-state index is 5.79.